The van der Waals surface area contributed by atoms with E-state index in [0.717, 1.165) is 12.0 Å². The Balaban J connectivity index is 1.83. The second kappa shape index (κ2) is 5.13. The summed E-state index contributed by atoms with van der Waals surface area (Å²) in [6.45, 7) is 7.58. The second-order valence-electron chi connectivity index (χ2n) is 5.05. The van der Waals surface area contributed by atoms with Crippen molar-refractivity contribution < 1.29 is 0 Å². The Morgan fingerprint density at radius 3 is 2.57 bits per heavy atom. The summed E-state index contributed by atoms with van der Waals surface area (Å²) in [6.07, 6.45) is 7.03. The van der Waals surface area contributed by atoms with Crippen LogP contribution >= 0.6 is 0 Å². The lowest BCUT2D eigenvalue weighted by atomic mass is 10.0. The first-order valence-electron chi connectivity index (χ1n) is 6.31. The number of nitrogens with one attached hydrogen (secondary N) is 1. The van der Waals surface area contributed by atoms with Gasteiger partial charge in [-0.3, -0.25) is 0 Å². The van der Waals surface area contributed by atoms with E-state index in [-0.39, 0.29) is 0 Å². The summed E-state index contributed by atoms with van der Waals surface area (Å²) < 4.78 is 0. The molecule has 2 saturated heterocycles. The maximum atomic E-state index is 3.45. The Bertz CT molecular complexity index is 164. The smallest absolute Gasteiger partial charge is 0.0119 e. The Labute approximate surface area is 88.1 Å². The van der Waals surface area contributed by atoms with Crippen LogP contribution in [0.1, 0.15) is 39.0 Å². The molecule has 2 aliphatic heterocycles. The first-order chi connectivity index (χ1) is 6.86. The zero-order valence-electron chi connectivity index (χ0n) is 9.47. The molecule has 2 aliphatic rings. The number of rotatable bonds is 1. The van der Waals surface area contributed by atoms with E-state index in [1.165, 1.54) is 58.3 Å². The van der Waals surface area contributed by atoms with Gasteiger partial charge in [-0.2, -0.15) is 0 Å². The number of nitrogens with zero attached hydrogens (tertiary/aromatic N) is 1. The first kappa shape index (κ1) is 10.4. The SMILES string of the molecule is CC1CCCN(C2CCNCC2)CC1. The predicted octanol–water partition coefficient (Wildman–Crippen LogP) is 1.86. The van der Waals surface area contributed by atoms with E-state index in [2.05, 4.69) is 17.1 Å². The Hall–Kier alpha value is -0.0800. The van der Waals surface area contributed by atoms with Gasteiger partial charge in [-0.05, 0) is 64.2 Å². The monoisotopic (exact) mass is 196 g/mol. The molecule has 0 bridgehead atoms. The fourth-order valence-electron chi connectivity index (χ4n) is 2.82. The molecular formula is C12H24N2. The fourth-order valence-corrected chi connectivity index (χ4v) is 2.82. The summed E-state index contributed by atoms with van der Waals surface area (Å²) in [5, 5.41) is 3.45. The molecule has 0 saturated carbocycles. The second-order valence-corrected chi connectivity index (χ2v) is 5.05. The molecule has 14 heavy (non-hydrogen) atoms. The molecule has 0 radical (unpaired) electrons. The average Bonchev–Trinajstić information content (AvgIpc) is 2.44. The van der Waals surface area contributed by atoms with Crippen molar-refractivity contribution in [1.29, 1.82) is 0 Å². The molecule has 0 aromatic rings. The molecule has 0 aromatic carbocycles. The van der Waals surface area contributed by atoms with Gasteiger partial charge in [-0.15, -0.1) is 0 Å². The molecule has 0 aromatic heterocycles. The summed E-state index contributed by atoms with van der Waals surface area (Å²) >= 11 is 0. The molecule has 0 aliphatic carbocycles. The van der Waals surface area contributed by atoms with Crippen molar-refractivity contribution >= 4 is 0 Å². The molecule has 1 unspecified atom stereocenters. The van der Waals surface area contributed by atoms with Crippen molar-refractivity contribution in [3.63, 3.8) is 0 Å². The summed E-state index contributed by atoms with van der Waals surface area (Å²) in [4.78, 5) is 2.75. The van der Waals surface area contributed by atoms with Gasteiger partial charge in [0.25, 0.3) is 0 Å². The molecule has 2 heteroatoms. The number of piperidine rings is 1. The van der Waals surface area contributed by atoms with Gasteiger partial charge in [0.15, 0.2) is 0 Å². The molecule has 2 rings (SSSR count). The van der Waals surface area contributed by atoms with Crippen molar-refractivity contribution in [2.75, 3.05) is 26.2 Å². The molecule has 1 N–H and O–H groups in total. The van der Waals surface area contributed by atoms with Gasteiger partial charge in [-0.1, -0.05) is 6.92 Å². The number of hydrogen-bond donors (Lipinski definition) is 1. The van der Waals surface area contributed by atoms with Gasteiger partial charge in [0.05, 0.1) is 0 Å². The van der Waals surface area contributed by atoms with Crippen LogP contribution in [0.4, 0.5) is 0 Å². The summed E-state index contributed by atoms with van der Waals surface area (Å²) in [7, 11) is 0. The highest BCUT2D eigenvalue weighted by molar-refractivity contribution is 4.79. The van der Waals surface area contributed by atoms with E-state index in [0.29, 0.717) is 0 Å². The topological polar surface area (TPSA) is 15.3 Å². The Morgan fingerprint density at radius 1 is 1.00 bits per heavy atom. The van der Waals surface area contributed by atoms with Crippen LogP contribution in [-0.2, 0) is 0 Å². The van der Waals surface area contributed by atoms with Gasteiger partial charge in [-0.25, -0.2) is 0 Å². The normalized spacial score (nSPS) is 32.8. The molecule has 82 valence electrons. The molecule has 2 heterocycles. The zero-order valence-corrected chi connectivity index (χ0v) is 9.47. The maximum absolute atomic E-state index is 3.45. The van der Waals surface area contributed by atoms with Gasteiger partial charge in [0.1, 0.15) is 0 Å². The lowest BCUT2D eigenvalue weighted by molar-refractivity contribution is 0.166. The van der Waals surface area contributed by atoms with E-state index in [1.54, 1.807) is 0 Å². The molecule has 1 atom stereocenters. The molecule has 2 nitrogen and oxygen atoms in total. The van der Waals surface area contributed by atoms with Crippen molar-refractivity contribution in [2.45, 2.75) is 45.1 Å². The number of hydrogen-bond acceptors (Lipinski definition) is 2. The third-order valence-electron chi connectivity index (χ3n) is 3.88. The van der Waals surface area contributed by atoms with Gasteiger partial charge in [0.2, 0.25) is 0 Å². The third kappa shape index (κ3) is 2.71. The standard InChI is InChI=1S/C12H24N2/c1-11-3-2-9-14(10-6-11)12-4-7-13-8-5-12/h11-13H,2-10H2,1H3. The van der Waals surface area contributed by atoms with E-state index >= 15 is 0 Å². The van der Waals surface area contributed by atoms with Crippen molar-refractivity contribution in [1.82, 2.24) is 10.2 Å². The minimum atomic E-state index is 0.890. The zero-order chi connectivity index (χ0) is 9.80. The molecular weight excluding hydrogens is 172 g/mol. The number of likely N-dealkylation sites (tertiary alicyclic amines) is 1. The van der Waals surface area contributed by atoms with Gasteiger partial charge in [0, 0.05) is 6.04 Å². The summed E-state index contributed by atoms with van der Waals surface area (Å²) in [5.74, 6) is 0.960. The van der Waals surface area contributed by atoms with Crippen LogP contribution in [0.3, 0.4) is 0 Å². The van der Waals surface area contributed by atoms with Crippen molar-refractivity contribution in [3.05, 3.63) is 0 Å². The summed E-state index contributed by atoms with van der Waals surface area (Å²) in [6, 6.07) is 0.890. The van der Waals surface area contributed by atoms with Crippen molar-refractivity contribution in [2.24, 2.45) is 5.92 Å². The lowest BCUT2D eigenvalue weighted by Gasteiger charge is -2.33. The minimum Gasteiger partial charge on any atom is -0.317 e. The fraction of sp³-hybridized carbons (Fsp3) is 1.00. The molecule has 2 fully saturated rings. The summed E-state index contributed by atoms with van der Waals surface area (Å²) in [5.41, 5.74) is 0. The Morgan fingerprint density at radius 2 is 1.79 bits per heavy atom. The van der Waals surface area contributed by atoms with Crippen molar-refractivity contribution in [3.8, 4) is 0 Å². The van der Waals surface area contributed by atoms with Crippen LogP contribution in [0, 0.1) is 5.92 Å². The highest BCUT2D eigenvalue weighted by Crippen LogP contribution is 2.21. The van der Waals surface area contributed by atoms with E-state index in [1.807, 2.05) is 0 Å². The first-order valence-corrected chi connectivity index (χ1v) is 6.31. The van der Waals surface area contributed by atoms with Crippen LogP contribution in [0.5, 0.6) is 0 Å². The minimum absolute atomic E-state index is 0.890. The van der Waals surface area contributed by atoms with Gasteiger partial charge < -0.3 is 10.2 Å². The van der Waals surface area contributed by atoms with Crippen LogP contribution in [0.15, 0.2) is 0 Å². The maximum Gasteiger partial charge on any atom is 0.0119 e. The van der Waals surface area contributed by atoms with Gasteiger partial charge >= 0.3 is 0 Å². The van der Waals surface area contributed by atoms with E-state index < -0.39 is 0 Å². The molecule has 0 amide bonds. The van der Waals surface area contributed by atoms with E-state index in [9.17, 15) is 0 Å². The molecule has 0 spiro atoms. The van der Waals surface area contributed by atoms with Crippen LogP contribution < -0.4 is 5.32 Å². The Kier molecular flexibility index (Phi) is 3.82. The van der Waals surface area contributed by atoms with Crippen LogP contribution in [-0.4, -0.2) is 37.1 Å². The predicted molar refractivity (Wildman–Crippen MR) is 60.5 cm³/mol. The third-order valence-corrected chi connectivity index (χ3v) is 3.88. The highest BCUT2D eigenvalue weighted by atomic mass is 15.2. The van der Waals surface area contributed by atoms with E-state index in [4.69, 9.17) is 0 Å². The highest BCUT2D eigenvalue weighted by Gasteiger charge is 2.22. The quantitative estimate of drug-likeness (QED) is 0.688. The largest absolute Gasteiger partial charge is 0.317 e. The van der Waals surface area contributed by atoms with Crippen LogP contribution in [0.2, 0.25) is 0 Å². The van der Waals surface area contributed by atoms with Crippen LogP contribution in [0.25, 0.3) is 0 Å². The average molecular weight is 196 g/mol. The lowest BCUT2D eigenvalue weighted by Crippen LogP contribution is -2.43.